The normalized spacial score (nSPS) is 12.4. The fourth-order valence-electron chi connectivity index (χ4n) is 4.35. The number of para-hydroxylation sites is 2. The summed E-state index contributed by atoms with van der Waals surface area (Å²) in [4.78, 5) is 16.2. The van der Waals surface area contributed by atoms with Gasteiger partial charge < -0.3 is 15.1 Å². The third-order valence-corrected chi connectivity index (χ3v) is 5.92. The van der Waals surface area contributed by atoms with Gasteiger partial charge in [0.05, 0.1) is 22.8 Å². The summed E-state index contributed by atoms with van der Waals surface area (Å²) in [5, 5.41) is 14.3. The van der Waals surface area contributed by atoms with E-state index < -0.39 is 0 Å². The van der Waals surface area contributed by atoms with Gasteiger partial charge in [0.2, 0.25) is 0 Å². The summed E-state index contributed by atoms with van der Waals surface area (Å²) in [5.74, 6) is 1.01. The quantitative estimate of drug-likeness (QED) is 0.388. The summed E-state index contributed by atoms with van der Waals surface area (Å²) in [5.41, 5.74) is 5.99. The van der Waals surface area contributed by atoms with Crippen molar-refractivity contribution in [2.45, 2.75) is 0 Å². The van der Waals surface area contributed by atoms with Gasteiger partial charge in [0.25, 0.3) is 0 Å². The van der Waals surface area contributed by atoms with Crippen LogP contribution in [-0.2, 0) is 0 Å². The summed E-state index contributed by atoms with van der Waals surface area (Å²) >= 11 is 0. The molecule has 4 heterocycles. The molecule has 6 nitrogen and oxygen atoms in total. The maximum Gasteiger partial charge on any atom is 0.418 e. The van der Waals surface area contributed by atoms with E-state index in [1.165, 1.54) is 0 Å². The van der Waals surface area contributed by atoms with E-state index in [1.807, 2.05) is 91.0 Å². The van der Waals surface area contributed by atoms with Crippen molar-refractivity contribution in [3.8, 4) is 28.4 Å². The second-order valence-corrected chi connectivity index (χ2v) is 7.99. The summed E-state index contributed by atoms with van der Waals surface area (Å²) < 4.78 is 0. The van der Waals surface area contributed by atoms with Gasteiger partial charge in [0.1, 0.15) is 11.6 Å². The Morgan fingerprint density at radius 2 is 1.44 bits per heavy atom. The maximum absolute atomic E-state index is 10.7. The second-order valence-electron chi connectivity index (χ2n) is 7.99. The number of aromatic hydroxyl groups is 1. The first kappa shape index (κ1) is 20.0. The van der Waals surface area contributed by atoms with Crippen LogP contribution in [0.2, 0.25) is 0 Å². The average Bonchev–Trinajstić information content (AvgIpc) is 3.29. The van der Waals surface area contributed by atoms with Gasteiger partial charge >= 0.3 is 6.98 Å². The van der Waals surface area contributed by atoms with E-state index >= 15 is 0 Å². The van der Waals surface area contributed by atoms with Crippen LogP contribution in [0.15, 0.2) is 109 Å². The molecule has 1 aliphatic heterocycles. The lowest BCUT2D eigenvalue weighted by Gasteiger charge is -2.24. The third kappa shape index (κ3) is 3.44. The molecule has 34 heavy (non-hydrogen) atoms. The number of benzene rings is 2. The van der Waals surface area contributed by atoms with Crippen LogP contribution in [0.3, 0.4) is 0 Å². The van der Waals surface area contributed by atoms with Gasteiger partial charge in [-0.25, -0.2) is 9.97 Å². The lowest BCUT2D eigenvalue weighted by Crippen LogP contribution is -2.48. The number of rotatable bonds is 4. The summed E-state index contributed by atoms with van der Waals surface area (Å²) in [6.45, 7) is -0.328. The van der Waals surface area contributed by atoms with E-state index in [-0.39, 0.29) is 12.7 Å². The Morgan fingerprint density at radius 3 is 2.26 bits per heavy atom. The Kier molecular flexibility index (Phi) is 4.92. The largest absolute Gasteiger partial charge is 0.508 e. The number of hydrogen-bond acceptors (Lipinski definition) is 6. The molecule has 5 aromatic rings. The molecule has 2 aromatic carbocycles. The molecule has 0 bridgehead atoms. The number of hydrogen-bond donors (Lipinski definition) is 2. The Labute approximate surface area is 197 Å². The second kappa shape index (κ2) is 8.37. The SMILES string of the molecule is Oc1ccccc1B1Nc2c(-c3cccc(-c4ccccn4)n3)ccnc2N1c1ccccc1. The predicted molar refractivity (Wildman–Crippen MR) is 136 cm³/mol. The topological polar surface area (TPSA) is 74.2 Å². The minimum absolute atomic E-state index is 0.227. The zero-order valence-corrected chi connectivity index (χ0v) is 18.2. The van der Waals surface area contributed by atoms with Crippen LogP contribution in [0.5, 0.6) is 5.75 Å². The van der Waals surface area contributed by atoms with Crippen LogP contribution in [0.4, 0.5) is 17.2 Å². The molecule has 0 atom stereocenters. The molecule has 162 valence electrons. The van der Waals surface area contributed by atoms with Gasteiger partial charge in [-0.15, -0.1) is 0 Å². The number of phenols is 1. The first-order chi connectivity index (χ1) is 16.8. The van der Waals surface area contributed by atoms with Gasteiger partial charge in [-0.2, -0.15) is 0 Å². The third-order valence-electron chi connectivity index (χ3n) is 5.92. The van der Waals surface area contributed by atoms with E-state index in [1.54, 1.807) is 18.5 Å². The first-order valence-corrected chi connectivity index (χ1v) is 11.1. The van der Waals surface area contributed by atoms with E-state index in [4.69, 9.17) is 9.97 Å². The molecule has 0 radical (unpaired) electrons. The van der Waals surface area contributed by atoms with E-state index in [9.17, 15) is 5.11 Å². The van der Waals surface area contributed by atoms with Gasteiger partial charge in [0.15, 0.2) is 0 Å². The van der Waals surface area contributed by atoms with E-state index in [0.717, 1.165) is 45.3 Å². The number of pyridine rings is 3. The average molecular weight is 441 g/mol. The highest BCUT2D eigenvalue weighted by Crippen LogP contribution is 2.42. The van der Waals surface area contributed by atoms with Crippen molar-refractivity contribution in [3.05, 3.63) is 109 Å². The molecule has 0 saturated carbocycles. The summed E-state index contributed by atoms with van der Waals surface area (Å²) in [6.07, 6.45) is 3.57. The molecule has 2 N–H and O–H groups in total. The van der Waals surface area contributed by atoms with Crippen molar-refractivity contribution >= 4 is 29.6 Å². The number of phenolic OH excluding ortho intramolecular Hbond substituents is 1. The Hall–Kier alpha value is -4.65. The van der Waals surface area contributed by atoms with Crippen molar-refractivity contribution in [3.63, 3.8) is 0 Å². The zero-order valence-electron chi connectivity index (χ0n) is 18.2. The Balaban J connectivity index is 1.50. The minimum Gasteiger partial charge on any atom is -0.508 e. The van der Waals surface area contributed by atoms with Crippen molar-refractivity contribution in [1.29, 1.82) is 0 Å². The number of anilines is 3. The standard InChI is InChI=1S/C27H20BN5O/c34-25-15-5-4-11-21(25)28-32-26-20(16-18-30-27(26)33(28)19-9-2-1-3-10-19)22-13-8-14-24(31-22)23-12-6-7-17-29-23/h1-18,32,34H. The molecule has 0 spiro atoms. The molecule has 0 unspecified atom stereocenters. The monoisotopic (exact) mass is 441 g/mol. The predicted octanol–water partition coefficient (Wildman–Crippen LogP) is 4.87. The van der Waals surface area contributed by atoms with Crippen LogP contribution >= 0.6 is 0 Å². The molecule has 0 saturated heterocycles. The highest BCUT2D eigenvalue weighted by Gasteiger charge is 2.40. The Morgan fingerprint density at radius 1 is 0.676 bits per heavy atom. The number of nitrogens with zero attached hydrogens (tertiary/aromatic N) is 4. The minimum atomic E-state index is -0.328. The highest BCUT2D eigenvalue weighted by molar-refractivity contribution is 6.83. The smallest absolute Gasteiger partial charge is 0.418 e. The molecule has 3 aromatic heterocycles. The van der Waals surface area contributed by atoms with Crippen LogP contribution < -0.4 is 15.5 Å². The number of fused-ring (bicyclic) bond motifs is 1. The van der Waals surface area contributed by atoms with Crippen molar-refractivity contribution in [1.82, 2.24) is 15.0 Å². The summed E-state index contributed by atoms with van der Waals surface area (Å²) in [7, 11) is 0. The number of aromatic nitrogens is 3. The molecule has 0 aliphatic carbocycles. The van der Waals surface area contributed by atoms with Crippen LogP contribution in [0.25, 0.3) is 22.6 Å². The highest BCUT2D eigenvalue weighted by atomic mass is 16.3. The van der Waals surface area contributed by atoms with Crippen molar-refractivity contribution in [2.75, 3.05) is 10.0 Å². The van der Waals surface area contributed by atoms with Crippen LogP contribution in [0, 0.1) is 0 Å². The fourth-order valence-corrected chi connectivity index (χ4v) is 4.35. The molecule has 0 amide bonds. The molecular weight excluding hydrogens is 421 g/mol. The van der Waals surface area contributed by atoms with Crippen LogP contribution in [0.1, 0.15) is 0 Å². The van der Waals surface area contributed by atoms with E-state index in [0.29, 0.717) is 0 Å². The molecule has 7 heteroatoms. The van der Waals surface area contributed by atoms with Crippen LogP contribution in [-0.4, -0.2) is 27.0 Å². The zero-order chi connectivity index (χ0) is 22.9. The van der Waals surface area contributed by atoms with Gasteiger partial charge in [0, 0.05) is 29.1 Å². The van der Waals surface area contributed by atoms with Gasteiger partial charge in [-0.05, 0) is 48.5 Å². The molecule has 1 aliphatic rings. The van der Waals surface area contributed by atoms with Crippen molar-refractivity contribution < 1.29 is 5.11 Å². The van der Waals surface area contributed by atoms with E-state index in [2.05, 4.69) is 15.0 Å². The molecule has 0 fully saturated rings. The molecular formula is C27H20BN5O. The lowest BCUT2D eigenvalue weighted by atomic mass is 9.66. The fraction of sp³-hybridized carbons (Fsp3) is 0. The maximum atomic E-state index is 10.7. The van der Waals surface area contributed by atoms with Crippen molar-refractivity contribution in [2.24, 2.45) is 0 Å². The van der Waals surface area contributed by atoms with Gasteiger partial charge in [-0.3, -0.25) is 4.98 Å². The lowest BCUT2D eigenvalue weighted by molar-refractivity contribution is 0.479. The number of nitrogens with one attached hydrogen (secondary N) is 1. The van der Waals surface area contributed by atoms with Gasteiger partial charge in [-0.1, -0.05) is 48.5 Å². The molecule has 6 rings (SSSR count). The summed E-state index contributed by atoms with van der Waals surface area (Å²) in [6, 6.07) is 31.1. The Bertz CT molecular complexity index is 1460. The first-order valence-electron chi connectivity index (χ1n) is 11.1.